The molecule has 3 rings (SSSR count). The first-order valence-corrected chi connectivity index (χ1v) is 8.08. The highest BCUT2D eigenvalue weighted by atomic mass is 19.4. The molecule has 1 aromatic carbocycles. The molecule has 1 aromatic heterocycles. The van der Waals surface area contributed by atoms with Crippen LogP contribution in [0.2, 0.25) is 0 Å². The van der Waals surface area contributed by atoms with Gasteiger partial charge in [-0.15, -0.1) is 0 Å². The Morgan fingerprint density at radius 3 is 2.84 bits per heavy atom. The first-order valence-electron chi connectivity index (χ1n) is 8.08. The number of amides is 1. The van der Waals surface area contributed by atoms with Crippen LogP contribution in [0, 0.1) is 0 Å². The fraction of sp³-hybridized carbons (Fsp3) is 0.471. The van der Waals surface area contributed by atoms with Crippen LogP contribution in [0.25, 0.3) is 10.9 Å². The maximum atomic E-state index is 12.2. The van der Waals surface area contributed by atoms with Crippen molar-refractivity contribution in [1.82, 2.24) is 9.88 Å². The zero-order valence-electron chi connectivity index (χ0n) is 13.8. The van der Waals surface area contributed by atoms with Gasteiger partial charge < -0.3 is 15.0 Å². The van der Waals surface area contributed by atoms with Crippen molar-refractivity contribution >= 4 is 22.5 Å². The molecule has 1 saturated heterocycles. The Kier molecular flexibility index (Phi) is 5.01. The lowest BCUT2D eigenvalue weighted by Crippen LogP contribution is -2.55. The largest absolute Gasteiger partial charge is 0.401 e. The number of benzene rings is 1. The molecule has 2 N–H and O–H groups in total. The van der Waals surface area contributed by atoms with Crippen molar-refractivity contribution in [3.8, 4) is 0 Å². The Balaban J connectivity index is 1.48. The van der Waals surface area contributed by atoms with Gasteiger partial charge in [0, 0.05) is 37.1 Å². The number of nitrogens with one attached hydrogen (secondary N) is 2. The van der Waals surface area contributed by atoms with Gasteiger partial charge in [0.2, 0.25) is 5.91 Å². The molecular weight excluding hydrogens is 335 g/mol. The van der Waals surface area contributed by atoms with Crippen LogP contribution in [-0.2, 0) is 16.0 Å². The van der Waals surface area contributed by atoms with Crippen LogP contribution in [0.3, 0.4) is 0 Å². The highest BCUT2D eigenvalue weighted by Gasteiger charge is 2.37. The van der Waals surface area contributed by atoms with E-state index >= 15 is 0 Å². The molecule has 1 aliphatic rings. The third-order valence-electron chi connectivity index (χ3n) is 4.13. The summed E-state index contributed by atoms with van der Waals surface area (Å²) in [6.07, 6.45) is -1.87. The van der Waals surface area contributed by atoms with Gasteiger partial charge in [0.1, 0.15) is 0 Å². The van der Waals surface area contributed by atoms with E-state index in [1.54, 1.807) is 6.20 Å². The average molecular weight is 355 g/mol. The molecular formula is C17H20F3N3O2. The molecule has 0 unspecified atom stereocenters. The first-order chi connectivity index (χ1) is 11.8. The summed E-state index contributed by atoms with van der Waals surface area (Å²) in [5.41, 5.74) is 2.70. The Hall–Kier alpha value is -2.06. The number of likely N-dealkylation sites (tertiary alicyclic amines) is 1. The van der Waals surface area contributed by atoms with Crippen LogP contribution in [0.1, 0.15) is 12.5 Å². The number of fused-ring (bicyclic) bond motifs is 1. The van der Waals surface area contributed by atoms with E-state index in [1.807, 2.05) is 18.2 Å². The predicted octanol–water partition coefficient (Wildman–Crippen LogP) is 2.93. The number of alkyl halides is 3. The van der Waals surface area contributed by atoms with E-state index < -0.39 is 12.7 Å². The minimum absolute atomic E-state index is 0.131. The normalized spacial score (nSPS) is 16.2. The van der Waals surface area contributed by atoms with E-state index in [9.17, 15) is 18.0 Å². The highest BCUT2D eigenvalue weighted by Crippen LogP contribution is 2.25. The lowest BCUT2D eigenvalue weighted by Gasteiger charge is -2.39. The summed E-state index contributed by atoms with van der Waals surface area (Å²) in [5, 5.41) is 3.70. The molecule has 2 aromatic rings. The van der Waals surface area contributed by atoms with Crippen molar-refractivity contribution in [2.45, 2.75) is 25.6 Å². The van der Waals surface area contributed by atoms with Crippen LogP contribution in [0.4, 0.5) is 18.9 Å². The number of ether oxygens (including phenoxy) is 1. The predicted molar refractivity (Wildman–Crippen MR) is 88.5 cm³/mol. The van der Waals surface area contributed by atoms with E-state index in [4.69, 9.17) is 4.74 Å². The molecule has 1 fully saturated rings. The number of aromatic amines is 1. The van der Waals surface area contributed by atoms with E-state index in [0.29, 0.717) is 26.1 Å². The fourth-order valence-corrected chi connectivity index (χ4v) is 2.97. The molecule has 5 nitrogen and oxygen atoms in total. The number of nitrogens with zero attached hydrogens (tertiary/aromatic N) is 1. The summed E-state index contributed by atoms with van der Waals surface area (Å²) in [7, 11) is 0. The topological polar surface area (TPSA) is 57.4 Å². The third kappa shape index (κ3) is 4.73. The molecule has 0 radical (unpaired) electrons. The lowest BCUT2D eigenvalue weighted by atomic mass is 10.1. The minimum Gasteiger partial charge on any atom is -0.375 e. The maximum Gasteiger partial charge on any atom is 0.401 e. The smallest absolute Gasteiger partial charge is 0.375 e. The molecule has 0 bridgehead atoms. The standard InChI is InChI=1S/C17H20F3N3O2/c1-11(24)22-16-7-21-15-3-2-12(6-14(15)16)4-5-25-13-8-23(9-13)10-17(18,19)20/h2-3,6-7,13,21H,4-5,8-10H2,1H3,(H,22,24). The molecule has 1 aliphatic heterocycles. The second-order valence-electron chi connectivity index (χ2n) is 6.32. The quantitative estimate of drug-likeness (QED) is 0.838. The van der Waals surface area contributed by atoms with Gasteiger partial charge in [-0.3, -0.25) is 9.69 Å². The zero-order valence-corrected chi connectivity index (χ0v) is 13.8. The number of aromatic nitrogens is 1. The molecule has 25 heavy (non-hydrogen) atoms. The van der Waals surface area contributed by atoms with Gasteiger partial charge in [-0.05, 0) is 24.1 Å². The van der Waals surface area contributed by atoms with Crippen LogP contribution in [0.5, 0.6) is 0 Å². The van der Waals surface area contributed by atoms with Gasteiger partial charge in [0.15, 0.2) is 0 Å². The van der Waals surface area contributed by atoms with Crippen molar-refractivity contribution in [3.05, 3.63) is 30.0 Å². The lowest BCUT2D eigenvalue weighted by molar-refractivity contribution is -0.170. The summed E-state index contributed by atoms with van der Waals surface area (Å²) in [5.74, 6) is -0.136. The molecule has 136 valence electrons. The molecule has 1 amide bonds. The van der Waals surface area contributed by atoms with Gasteiger partial charge in [-0.1, -0.05) is 6.07 Å². The number of carbonyl (C=O) groups is 1. The third-order valence-corrected chi connectivity index (χ3v) is 4.13. The van der Waals surface area contributed by atoms with Crippen molar-refractivity contribution in [2.75, 3.05) is 31.6 Å². The monoisotopic (exact) mass is 355 g/mol. The minimum atomic E-state index is -4.15. The number of anilines is 1. The Bertz CT molecular complexity index is 751. The average Bonchev–Trinajstić information content (AvgIpc) is 2.85. The molecule has 0 aliphatic carbocycles. The van der Waals surface area contributed by atoms with E-state index in [-0.39, 0.29) is 12.0 Å². The van der Waals surface area contributed by atoms with E-state index in [0.717, 1.165) is 22.2 Å². The maximum absolute atomic E-state index is 12.2. The number of carbonyl (C=O) groups excluding carboxylic acids is 1. The van der Waals surface area contributed by atoms with Crippen molar-refractivity contribution in [3.63, 3.8) is 0 Å². The summed E-state index contributed by atoms with van der Waals surface area (Å²) in [6, 6.07) is 5.89. The van der Waals surface area contributed by atoms with Crippen molar-refractivity contribution in [2.24, 2.45) is 0 Å². The van der Waals surface area contributed by atoms with Gasteiger partial charge in [0.25, 0.3) is 0 Å². The molecule has 0 spiro atoms. The summed E-state index contributed by atoms with van der Waals surface area (Å²) in [6.45, 7) is 1.68. The SMILES string of the molecule is CC(=O)Nc1c[nH]c2ccc(CCOC3CN(CC(F)(F)F)C3)cc12. The van der Waals surface area contributed by atoms with Crippen LogP contribution in [0.15, 0.2) is 24.4 Å². The zero-order chi connectivity index (χ0) is 18.0. The molecule has 8 heteroatoms. The summed E-state index contributed by atoms with van der Waals surface area (Å²) < 4.78 is 42.3. The van der Waals surface area contributed by atoms with Crippen LogP contribution in [-0.4, -0.2) is 54.3 Å². The van der Waals surface area contributed by atoms with Gasteiger partial charge >= 0.3 is 6.18 Å². The number of H-pyrrole nitrogens is 1. The Labute approximate surface area is 143 Å². The van der Waals surface area contributed by atoms with Crippen LogP contribution < -0.4 is 5.32 Å². The second-order valence-corrected chi connectivity index (χ2v) is 6.32. The van der Waals surface area contributed by atoms with Crippen molar-refractivity contribution in [1.29, 1.82) is 0 Å². The Morgan fingerprint density at radius 1 is 1.40 bits per heavy atom. The molecule has 0 saturated carbocycles. The number of hydrogen-bond donors (Lipinski definition) is 2. The van der Waals surface area contributed by atoms with E-state index in [1.165, 1.54) is 11.8 Å². The number of rotatable bonds is 6. The number of hydrogen-bond acceptors (Lipinski definition) is 3. The van der Waals surface area contributed by atoms with Gasteiger partial charge in [-0.2, -0.15) is 13.2 Å². The summed E-state index contributed by atoms with van der Waals surface area (Å²) in [4.78, 5) is 15.6. The van der Waals surface area contributed by atoms with Gasteiger partial charge in [0.05, 0.1) is 24.9 Å². The summed E-state index contributed by atoms with van der Waals surface area (Å²) >= 11 is 0. The number of halogens is 3. The highest BCUT2D eigenvalue weighted by molar-refractivity contribution is 6.01. The fourth-order valence-electron chi connectivity index (χ4n) is 2.97. The van der Waals surface area contributed by atoms with Crippen LogP contribution >= 0.6 is 0 Å². The van der Waals surface area contributed by atoms with E-state index in [2.05, 4.69) is 10.3 Å². The van der Waals surface area contributed by atoms with Crippen molar-refractivity contribution < 1.29 is 22.7 Å². The first kappa shape index (κ1) is 17.8. The molecule has 0 atom stereocenters. The molecule has 2 heterocycles. The van der Waals surface area contributed by atoms with Gasteiger partial charge in [-0.25, -0.2) is 0 Å². The second kappa shape index (κ2) is 7.05. The Morgan fingerprint density at radius 2 is 2.16 bits per heavy atom.